The molecule has 0 bridgehead atoms. The van der Waals surface area contributed by atoms with Crippen molar-refractivity contribution in [3.05, 3.63) is 29.8 Å². The number of rotatable bonds is 5. The molecule has 1 aromatic rings. The third-order valence-corrected chi connectivity index (χ3v) is 3.73. The Balaban J connectivity index is 2.07. The smallest absolute Gasteiger partial charge is 0.263 e. The van der Waals surface area contributed by atoms with Crippen LogP contribution in [0.15, 0.2) is 24.3 Å². The van der Waals surface area contributed by atoms with Crippen LogP contribution in [0.3, 0.4) is 0 Å². The van der Waals surface area contributed by atoms with E-state index in [1.807, 2.05) is 36.1 Å². The van der Waals surface area contributed by atoms with Gasteiger partial charge in [0.05, 0.1) is 6.10 Å². The van der Waals surface area contributed by atoms with Gasteiger partial charge in [0.15, 0.2) is 6.10 Å². The molecule has 4 nitrogen and oxygen atoms in total. The van der Waals surface area contributed by atoms with E-state index >= 15 is 0 Å². The summed E-state index contributed by atoms with van der Waals surface area (Å²) in [5.41, 5.74) is 0.746. The van der Waals surface area contributed by atoms with Crippen LogP contribution < -0.4 is 4.74 Å². The van der Waals surface area contributed by atoms with E-state index in [2.05, 4.69) is 0 Å². The van der Waals surface area contributed by atoms with Crippen molar-refractivity contribution in [2.24, 2.45) is 0 Å². The first-order valence-corrected chi connectivity index (χ1v) is 7.36. The summed E-state index contributed by atoms with van der Waals surface area (Å²) in [5, 5.41) is 10.00. The summed E-state index contributed by atoms with van der Waals surface area (Å²) >= 11 is 0. The molecule has 2 rings (SSSR count). The minimum atomic E-state index is -0.555. The second-order valence-corrected chi connectivity index (χ2v) is 5.25. The Morgan fingerprint density at radius 3 is 2.65 bits per heavy atom. The number of benzene rings is 1. The fourth-order valence-corrected chi connectivity index (χ4v) is 2.52. The minimum absolute atomic E-state index is 0.0308. The van der Waals surface area contributed by atoms with Gasteiger partial charge in [-0.1, -0.05) is 25.1 Å². The first kappa shape index (κ1) is 14.9. The maximum Gasteiger partial charge on any atom is 0.263 e. The molecule has 1 fully saturated rings. The number of para-hydroxylation sites is 1. The van der Waals surface area contributed by atoms with E-state index in [9.17, 15) is 9.90 Å². The first-order chi connectivity index (χ1) is 9.63. The lowest BCUT2D eigenvalue weighted by atomic mass is 10.1. The van der Waals surface area contributed by atoms with Gasteiger partial charge in [-0.15, -0.1) is 0 Å². The fraction of sp³-hybridized carbons (Fsp3) is 0.562. The third kappa shape index (κ3) is 3.31. The van der Waals surface area contributed by atoms with Gasteiger partial charge in [0, 0.05) is 18.7 Å². The Kier molecular flexibility index (Phi) is 5.01. The standard InChI is InChI=1S/C16H23NO3/c1-3-14(18)13-8-4-5-9-15(13)20-12(2)16(19)17-10-6-7-11-17/h4-5,8-9,12,14,18H,3,6-7,10-11H2,1-2H3/t12?,14-/m0/s1. The topological polar surface area (TPSA) is 49.8 Å². The van der Waals surface area contributed by atoms with Gasteiger partial charge in [-0.3, -0.25) is 4.79 Å². The molecule has 1 amide bonds. The summed E-state index contributed by atoms with van der Waals surface area (Å²) in [5.74, 6) is 0.630. The average Bonchev–Trinajstić information content (AvgIpc) is 3.00. The molecule has 1 saturated heterocycles. The number of likely N-dealkylation sites (tertiary alicyclic amines) is 1. The van der Waals surface area contributed by atoms with Crippen molar-refractivity contribution >= 4 is 5.91 Å². The minimum Gasteiger partial charge on any atom is -0.481 e. The zero-order chi connectivity index (χ0) is 14.5. The highest BCUT2D eigenvalue weighted by molar-refractivity contribution is 5.81. The Morgan fingerprint density at radius 2 is 2.00 bits per heavy atom. The average molecular weight is 277 g/mol. The number of hydrogen-bond donors (Lipinski definition) is 1. The Hall–Kier alpha value is -1.55. The van der Waals surface area contributed by atoms with Crippen LogP contribution in [0.5, 0.6) is 5.75 Å². The Labute approximate surface area is 120 Å². The van der Waals surface area contributed by atoms with Crippen LogP contribution in [-0.4, -0.2) is 35.1 Å². The highest BCUT2D eigenvalue weighted by Gasteiger charge is 2.25. The van der Waals surface area contributed by atoms with E-state index in [1.54, 1.807) is 6.92 Å². The zero-order valence-corrected chi connectivity index (χ0v) is 12.2. The van der Waals surface area contributed by atoms with Crippen LogP contribution in [0.25, 0.3) is 0 Å². The second-order valence-electron chi connectivity index (χ2n) is 5.25. The van der Waals surface area contributed by atoms with Gasteiger partial charge in [-0.25, -0.2) is 0 Å². The number of amides is 1. The number of aliphatic hydroxyl groups is 1. The molecule has 1 aliphatic heterocycles. The zero-order valence-electron chi connectivity index (χ0n) is 12.2. The van der Waals surface area contributed by atoms with Crippen LogP contribution in [-0.2, 0) is 4.79 Å². The monoisotopic (exact) mass is 277 g/mol. The molecule has 1 heterocycles. The van der Waals surface area contributed by atoms with Gasteiger partial charge in [0.2, 0.25) is 0 Å². The lowest BCUT2D eigenvalue weighted by Gasteiger charge is -2.23. The summed E-state index contributed by atoms with van der Waals surface area (Å²) in [4.78, 5) is 14.1. The van der Waals surface area contributed by atoms with Crippen LogP contribution in [0.4, 0.5) is 0 Å². The van der Waals surface area contributed by atoms with Crippen molar-refractivity contribution in [2.45, 2.75) is 45.3 Å². The first-order valence-electron chi connectivity index (χ1n) is 7.36. The number of hydrogen-bond acceptors (Lipinski definition) is 3. The SMILES string of the molecule is CC[C@H](O)c1ccccc1OC(C)C(=O)N1CCCC1. The number of aliphatic hydroxyl groups excluding tert-OH is 1. The molecular weight excluding hydrogens is 254 g/mol. The number of carbonyl (C=O) groups excluding carboxylic acids is 1. The number of nitrogens with zero attached hydrogens (tertiary/aromatic N) is 1. The summed E-state index contributed by atoms with van der Waals surface area (Å²) in [6.07, 6.45) is 1.70. The summed E-state index contributed by atoms with van der Waals surface area (Å²) in [6.45, 7) is 5.34. The van der Waals surface area contributed by atoms with Gasteiger partial charge in [0.25, 0.3) is 5.91 Å². The van der Waals surface area contributed by atoms with E-state index < -0.39 is 12.2 Å². The van der Waals surface area contributed by atoms with Crippen molar-refractivity contribution in [2.75, 3.05) is 13.1 Å². The van der Waals surface area contributed by atoms with Gasteiger partial charge >= 0.3 is 0 Å². The van der Waals surface area contributed by atoms with Crippen molar-refractivity contribution in [3.8, 4) is 5.75 Å². The fourth-order valence-electron chi connectivity index (χ4n) is 2.52. The molecule has 110 valence electrons. The molecule has 0 aliphatic carbocycles. The number of ether oxygens (including phenoxy) is 1. The van der Waals surface area contributed by atoms with Crippen molar-refractivity contribution in [3.63, 3.8) is 0 Å². The number of carbonyl (C=O) groups is 1. The van der Waals surface area contributed by atoms with Gasteiger partial charge in [-0.05, 0) is 32.3 Å². The lowest BCUT2D eigenvalue weighted by Crippen LogP contribution is -2.38. The Bertz CT molecular complexity index is 455. The molecule has 1 aliphatic rings. The molecule has 0 spiro atoms. The highest BCUT2D eigenvalue weighted by Crippen LogP contribution is 2.28. The van der Waals surface area contributed by atoms with E-state index in [0.29, 0.717) is 12.2 Å². The predicted molar refractivity (Wildman–Crippen MR) is 77.6 cm³/mol. The van der Waals surface area contributed by atoms with Gasteiger partial charge in [0.1, 0.15) is 5.75 Å². The molecule has 20 heavy (non-hydrogen) atoms. The van der Waals surface area contributed by atoms with E-state index in [0.717, 1.165) is 31.5 Å². The quantitative estimate of drug-likeness (QED) is 0.899. The van der Waals surface area contributed by atoms with Crippen LogP contribution in [0.2, 0.25) is 0 Å². The van der Waals surface area contributed by atoms with Crippen LogP contribution >= 0.6 is 0 Å². The maximum atomic E-state index is 12.2. The summed E-state index contributed by atoms with van der Waals surface area (Å²) in [6, 6.07) is 7.38. The van der Waals surface area contributed by atoms with E-state index in [-0.39, 0.29) is 5.91 Å². The molecule has 1 N–H and O–H groups in total. The molecule has 2 atom stereocenters. The van der Waals surface area contributed by atoms with Gasteiger partial charge < -0.3 is 14.7 Å². The summed E-state index contributed by atoms with van der Waals surface area (Å²) in [7, 11) is 0. The summed E-state index contributed by atoms with van der Waals surface area (Å²) < 4.78 is 5.79. The molecule has 0 radical (unpaired) electrons. The molecule has 1 aromatic carbocycles. The normalized spacial score (nSPS) is 17.9. The molecule has 1 unspecified atom stereocenters. The predicted octanol–water partition coefficient (Wildman–Crippen LogP) is 2.52. The molecular formula is C16H23NO3. The Morgan fingerprint density at radius 1 is 1.35 bits per heavy atom. The van der Waals surface area contributed by atoms with Crippen LogP contribution in [0.1, 0.15) is 44.8 Å². The van der Waals surface area contributed by atoms with Crippen molar-refractivity contribution in [1.29, 1.82) is 0 Å². The third-order valence-electron chi connectivity index (χ3n) is 3.73. The second kappa shape index (κ2) is 6.75. The highest BCUT2D eigenvalue weighted by atomic mass is 16.5. The molecule has 0 aromatic heterocycles. The molecule has 0 saturated carbocycles. The lowest BCUT2D eigenvalue weighted by molar-refractivity contribution is -0.136. The van der Waals surface area contributed by atoms with Crippen molar-refractivity contribution < 1.29 is 14.6 Å². The van der Waals surface area contributed by atoms with Gasteiger partial charge in [-0.2, -0.15) is 0 Å². The molecule has 4 heteroatoms. The van der Waals surface area contributed by atoms with E-state index in [4.69, 9.17) is 4.74 Å². The maximum absolute atomic E-state index is 12.2. The van der Waals surface area contributed by atoms with E-state index in [1.165, 1.54) is 0 Å². The van der Waals surface area contributed by atoms with Crippen molar-refractivity contribution in [1.82, 2.24) is 4.90 Å². The largest absolute Gasteiger partial charge is 0.481 e. The van der Waals surface area contributed by atoms with Crippen LogP contribution in [0, 0.1) is 0 Å².